The van der Waals surface area contributed by atoms with E-state index in [1.54, 1.807) is 24.3 Å². The molecule has 3 rings (SSSR count). The summed E-state index contributed by atoms with van der Waals surface area (Å²) in [6.07, 6.45) is 1.28. The molecule has 0 aliphatic carbocycles. The van der Waals surface area contributed by atoms with Crippen molar-refractivity contribution in [1.29, 1.82) is 5.26 Å². The second kappa shape index (κ2) is 8.68. The second-order valence-electron chi connectivity index (χ2n) is 5.41. The number of nitro groups is 1. The molecule has 0 saturated heterocycles. The predicted molar refractivity (Wildman–Crippen MR) is 115 cm³/mol. The van der Waals surface area contributed by atoms with Gasteiger partial charge in [-0.3, -0.25) is 0 Å². The maximum Gasteiger partial charge on any atom is 0.387 e. The molecule has 0 aliphatic rings. The number of benzene rings is 2. The number of halogens is 3. The van der Waals surface area contributed by atoms with E-state index in [0.29, 0.717) is 31.7 Å². The van der Waals surface area contributed by atoms with Crippen LogP contribution in [0.5, 0.6) is 11.5 Å². The minimum absolute atomic E-state index is 0.163. The molecule has 0 unspecified atom stereocenters. The average molecular weight is 569 g/mol. The number of aromatic nitrogens is 1. The van der Waals surface area contributed by atoms with Crippen LogP contribution >= 0.6 is 47.8 Å². The van der Waals surface area contributed by atoms with Crippen LogP contribution in [-0.4, -0.2) is 9.91 Å². The Labute approximate surface area is 184 Å². The molecule has 140 valence electrons. The molecule has 1 heterocycles. The van der Waals surface area contributed by atoms with Gasteiger partial charge in [0, 0.05) is 16.2 Å². The van der Waals surface area contributed by atoms with E-state index in [1.807, 2.05) is 18.2 Å². The van der Waals surface area contributed by atoms with Crippen molar-refractivity contribution in [1.82, 2.24) is 4.98 Å². The number of nitrogens with zero attached hydrogens (tertiary/aromatic N) is 3. The summed E-state index contributed by atoms with van der Waals surface area (Å²) in [6, 6.07) is 13.7. The van der Waals surface area contributed by atoms with Crippen LogP contribution in [0.1, 0.15) is 5.56 Å². The molecule has 2 aromatic carbocycles. The molecule has 1 aromatic heterocycles. The van der Waals surface area contributed by atoms with Crippen LogP contribution in [0.2, 0.25) is 0 Å². The number of rotatable bonds is 5. The molecule has 7 nitrogen and oxygen atoms in total. The van der Waals surface area contributed by atoms with E-state index in [9.17, 15) is 10.1 Å². The first-order valence-electron chi connectivity index (χ1n) is 7.61. The quantitative estimate of drug-likeness (QED) is 0.272. The summed E-state index contributed by atoms with van der Waals surface area (Å²) in [6.45, 7) is 0. The smallest absolute Gasteiger partial charge is 0.387 e. The lowest BCUT2D eigenvalue weighted by molar-refractivity contribution is -0.388. The Balaban J connectivity index is 1.95. The van der Waals surface area contributed by atoms with Crippen LogP contribution in [0, 0.1) is 21.4 Å². The molecule has 0 atom stereocenters. The van der Waals surface area contributed by atoms with Crippen LogP contribution < -0.4 is 10.1 Å². The van der Waals surface area contributed by atoms with Crippen molar-refractivity contribution in [3.8, 4) is 17.6 Å². The lowest BCUT2D eigenvalue weighted by atomic mass is 10.2. The van der Waals surface area contributed by atoms with Crippen molar-refractivity contribution < 1.29 is 9.66 Å². The summed E-state index contributed by atoms with van der Waals surface area (Å²) in [5.41, 5.74) is 1.23. The van der Waals surface area contributed by atoms with Gasteiger partial charge in [-0.1, -0.05) is 15.9 Å². The lowest BCUT2D eigenvalue weighted by Crippen LogP contribution is -2.00. The molecular formula is C18H9Br3N4O3. The molecule has 28 heavy (non-hydrogen) atoms. The van der Waals surface area contributed by atoms with Crippen molar-refractivity contribution in [3.05, 3.63) is 77.8 Å². The van der Waals surface area contributed by atoms with Gasteiger partial charge in [-0.05, 0) is 78.2 Å². The zero-order valence-corrected chi connectivity index (χ0v) is 18.6. The number of pyridine rings is 1. The van der Waals surface area contributed by atoms with Crippen LogP contribution in [0.3, 0.4) is 0 Å². The van der Waals surface area contributed by atoms with Crippen LogP contribution in [0.25, 0.3) is 0 Å². The topological polar surface area (TPSA) is 101 Å². The highest BCUT2D eigenvalue weighted by Crippen LogP contribution is 2.40. The van der Waals surface area contributed by atoms with Crippen molar-refractivity contribution in [2.75, 3.05) is 5.32 Å². The first-order valence-corrected chi connectivity index (χ1v) is 9.99. The molecule has 0 radical (unpaired) electrons. The van der Waals surface area contributed by atoms with E-state index in [0.717, 1.165) is 4.47 Å². The van der Waals surface area contributed by atoms with Crippen molar-refractivity contribution in [3.63, 3.8) is 0 Å². The summed E-state index contributed by atoms with van der Waals surface area (Å²) in [5, 5.41) is 23.1. The standard InChI is InChI=1S/C18H9Br3N4O3/c19-11-5-14(20)17(15(21)6-11)28-13-7-16(18(23-9-13)25(26)27)24-12-3-1-10(8-22)2-4-12/h1-7,9,24H. The third kappa shape index (κ3) is 4.67. The van der Waals surface area contributed by atoms with Crippen LogP contribution in [0.15, 0.2) is 62.1 Å². The molecule has 0 aliphatic heterocycles. The molecule has 3 aromatic rings. The largest absolute Gasteiger partial charge is 0.451 e. The van der Waals surface area contributed by atoms with E-state index in [1.165, 1.54) is 12.3 Å². The highest BCUT2D eigenvalue weighted by atomic mass is 79.9. The minimum Gasteiger partial charge on any atom is -0.451 e. The molecule has 1 N–H and O–H groups in total. The Hall–Kier alpha value is -2.48. The SMILES string of the molecule is N#Cc1ccc(Nc2cc(Oc3c(Br)cc(Br)cc3Br)cnc2[N+](=O)[O-])cc1. The number of nitrogens with one attached hydrogen (secondary N) is 1. The van der Waals surface area contributed by atoms with Crippen LogP contribution in [0.4, 0.5) is 17.2 Å². The van der Waals surface area contributed by atoms with Gasteiger partial charge in [0.15, 0.2) is 17.7 Å². The van der Waals surface area contributed by atoms with E-state index < -0.39 is 4.92 Å². The van der Waals surface area contributed by atoms with E-state index >= 15 is 0 Å². The first-order chi connectivity index (χ1) is 13.4. The molecule has 0 saturated carbocycles. The third-order valence-corrected chi connectivity index (χ3v) is 5.13. The first kappa shape index (κ1) is 20.3. The van der Waals surface area contributed by atoms with Gasteiger partial charge in [0.05, 0.1) is 20.6 Å². The molecule has 0 bridgehead atoms. The van der Waals surface area contributed by atoms with Gasteiger partial charge in [-0.25, -0.2) is 0 Å². The monoisotopic (exact) mass is 566 g/mol. The van der Waals surface area contributed by atoms with Gasteiger partial charge < -0.3 is 20.2 Å². The second-order valence-corrected chi connectivity index (χ2v) is 8.04. The Morgan fingerprint density at radius 3 is 2.32 bits per heavy atom. The van der Waals surface area contributed by atoms with Gasteiger partial charge in [0.2, 0.25) is 0 Å². The van der Waals surface area contributed by atoms with Gasteiger partial charge in [0.1, 0.15) is 5.69 Å². The molecule has 0 amide bonds. The van der Waals surface area contributed by atoms with E-state index in [4.69, 9.17) is 10.00 Å². The molecular weight excluding hydrogens is 560 g/mol. The summed E-state index contributed by atoms with van der Waals surface area (Å²) in [5.74, 6) is 0.472. The Morgan fingerprint density at radius 1 is 1.11 bits per heavy atom. The maximum absolute atomic E-state index is 11.3. The number of hydrogen-bond acceptors (Lipinski definition) is 6. The van der Waals surface area contributed by atoms with Gasteiger partial charge in [0.25, 0.3) is 0 Å². The van der Waals surface area contributed by atoms with Crippen molar-refractivity contribution in [2.24, 2.45) is 0 Å². The predicted octanol–water partition coefficient (Wildman–Crippen LogP) is 6.68. The normalized spacial score (nSPS) is 10.2. The number of anilines is 2. The highest BCUT2D eigenvalue weighted by molar-refractivity contribution is 9.11. The summed E-state index contributed by atoms with van der Waals surface area (Å²) in [4.78, 5) is 14.6. The van der Waals surface area contributed by atoms with Crippen molar-refractivity contribution >= 4 is 65.0 Å². The number of hydrogen-bond donors (Lipinski definition) is 1. The summed E-state index contributed by atoms with van der Waals surface area (Å²) in [7, 11) is 0. The van der Waals surface area contributed by atoms with E-state index in [-0.39, 0.29) is 11.5 Å². The zero-order chi connectivity index (χ0) is 20.3. The Kier molecular flexibility index (Phi) is 6.28. The average Bonchev–Trinajstić information content (AvgIpc) is 2.65. The van der Waals surface area contributed by atoms with Crippen LogP contribution in [-0.2, 0) is 0 Å². The van der Waals surface area contributed by atoms with Crippen molar-refractivity contribution in [2.45, 2.75) is 0 Å². The highest BCUT2D eigenvalue weighted by Gasteiger charge is 2.19. The molecule has 0 fully saturated rings. The lowest BCUT2D eigenvalue weighted by Gasteiger charge is -2.11. The van der Waals surface area contributed by atoms with Gasteiger partial charge in [-0.15, -0.1) is 0 Å². The molecule has 10 heteroatoms. The van der Waals surface area contributed by atoms with E-state index in [2.05, 4.69) is 58.1 Å². The van der Waals surface area contributed by atoms with Gasteiger partial charge >= 0.3 is 5.82 Å². The fraction of sp³-hybridized carbons (Fsp3) is 0. The Bertz CT molecular complexity index is 1080. The molecule has 0 spiro atoms. The fourth-order valence-electron chi connectivity index (χ4n) is 2.26. The summed E-state index contributed by atoms with van der Waals surface area (Å²) < 4.78 is 8.09. The Morgan fingerprint density at radius 2 is 1.75 bits per heavy atom. The number of nitriles is 1. The fourth-order valence-corrected chi connectivity index (χ4v) is 4.68. The minimum atomic E-state index is -0.582. The zero-order valence-electron chi connectivity index (χ0n) is 13.8. The number of ether oxygens (including phenoxy) is 1. The summed E-state index contributed by atoms with van der Waals surface area (Å²) >= 11 is 10.2. The maximum atomic E-state index is 11.3. The van der Waals surface area contributed by atoms with Gasteiger partial charge in [-0.2, -0.15) is 5.26 Å². The third-order valence-electron chi connectivity index (χ3n) is 3.49.